The van der Waals surface area contributed by atoms with Crippen LogP contribution in [0.25, 0.3) is 5.69 Å². The van der Waals surface area contributed by atoms with Gasteiger partial charge >= 0.3 is 0 Å². The van der Waals surface area contributed by atoms with E-state index in [0.717, 1.165) is 22.8 Å². The summed E-state index contributed by atoms with van der Waals surface area (Å²) in [4.78, 5) is 24.9. The molecule has 6 heteroatoms. The molecule has 2 heterocycles. The largest absolute Gasteiger partial charge is 0.466 e. The molecule has 3 aromatic rings. The molecule has 1 unspecified atom stereocenters. The Kier molecular flexibility index (Phi) is 4.75. The predicted octanol–water partition coefficient (Wildman–Crippen LogP) is 3.24. The minimum atomic E-state index is -0.509. The molecule has 0 saturated heterocycles. The maximum atomic E-state index is 12.6. The van der Waals surface area contributed by atoms with Gasteiger partial charge in [0.15, 0.2) is 5.69 Å². The molecule has 0 spiro atoms. The van der Waals surface area contributed by atoms with Crippen LogP contribution in [0.2, 0.25) is 0 Å². The van der Waals surface area contributed by atoms with Crippen LogP contribution < -0.4 is 10.7 Å². The highest BCUT2D eigenvalue weighted by molar-refractivity contribution is 5.92. The highest BCUT2D eigenvalue weighted by atomic mass is 16.3. The summed E-state index contributed by atoms with van der Waals surface area (Å²) >= 11 is 0. The molecular weight excluding hydrogens is 330 g/mol. The van der Waals surface area contributed by atoms with Crippen LogP contribution in [0.4, 0.5) is 0 Å². The molecule has 6 nitrogen and oxygen atoms in total. The van der Waals surface area contributed by atoms with Crippen molar-refractivity contribution >= 4 is 5.91 Å². The topological polar surface area (TPSA) is 77.1 Å². The number of carbonyl (C=O) groups is 1. The number of nitrogens with one attached hydrogen (secondary N) is 1. The summed E-state index contributed by atoms with van der Waals surface area (Å²) in [7, 11) is 0. The normalized spacial score (nSPS) is 12.0. The molecule has 0 saturated carbocycles. The number of aromatic nitrogens is 2. The van der Waals surface area contributed by atoms with E-state index in [1.807, 2.05) is 57.2 Å². The molecule has 0 aliphatic heterocycles. The van der Waals surface area contributed by atoms with Crippen molar-refractivity contribution in [3.8, 4) is 5.69 Å². The van der Waals surface area contributed by atoms with Gasteiger partial charge in [0.1, 0.15) is 11.5 Å². The fraction of sp³-hybridized carbons (Fsp3) is 0.250. The first-order valence-corrected chi connectivity index (χ1v) is 8.41. The number of furan rings is 1. The summed E-state index contributed by atoms with van der Waals surface area (Å²) in [5.74, 6) is 1.01. The van der Waals surface area contributed by atoms with Gasteiger partial charge in [-0.05, 0) is 45.9 Å². The number of rotatable bonds is 4. The second-order valence-corrected chi connectivity index (χ2v) is 6.31. The van der Waals surface area contributed by atoms with Crippen molar-refractivity contribution in [2.24, 2.45) is 0 Å². The Morgan fingerprint density at radius 2 is 1.85 bits per heavy atom. The molecule has 1 aromatic carbocycles. The molecule has 3 rings (SSSR count). The van der Waals surface area contributed by atoms with Gasteiger partial charge in [0.25, 0.3) is 5.91 Å². The van der Waals surface area contributed by atoms with Crippen molar-refractivity contribution in [1.82, 2.24) is 15.1 Å². The Morgan fingerprint density at radius 1 is 1.15 bits per heavy atom. The van der Waals surface area contributed by atoms with Crippen LogP contribution in [0.5, 0.6) is 0 Å². The number of amides is 1. The molecule has 0 fully saturated rings. The zero-order valence-corrected chi connectivity index (χ0v) is 15.2. The van der Waals surface area contributed by atoms with Gasteiger partial charge in [-0.1, -0.05) is 18.2 Å². The zero-order valence-electron chi connectivity index (χ0n) is 15.2. The van der Waals surface area contributed by atoms with E-state index in [1.54, 1.807) is 11.6 Å². The van der Waals surface area contributed by atoms with Gasteiger partial charge in [-0.25, -0.2) is 4.68 Å². The number of para-hydroxylation sites is 1. The van der Waals surface area contributed by atoms with Gasteiger partial charge in [0.05, 0.1) is 11.7 Å². The minimum absolute atomic E-state index is 0.135. The van der Waals surface area contributed by atoms with Crippen LogP contribution >= 0.6 is 0 Å². The van der Waals surface area contributed by atoms with Crippen LogP contribution in [0.1, 0.15) is 46.2 Å². The number of hydrogen-bond donors (Lipinski definition) is 1. The molecule has 134 valence electrons. The van der Waals surface area contributed by atoms with E-state index in [0.29, 0.717) is 5.69 Å². The summed E-state index contributed by atoms with van der Waals surface area (Å²) in [6.45, 7) is 7.32. The van der Waals surface area contributed by atoms with Gasteiger partial charge in [-0.2, -0.15) is 5.10 Å². The fourth-order valence-corrected chi connectivity index (χ4v) is 2.96. The van der Waals surface area contributed by atoms with E-state index in [1.165, 1.54) is 6.07 Å². The van der Waals surface area contributed by atoms with Gasteiger partial charge in [-0.15, -0.1) is 0 Å². The lowest BCUT2D eigenvalue weighted by Gasteiger charge is -2.14. The van der Waals surface area contributed by atoms with Crippen LogP contribution in [0.3, 0.4) is 0 Å². The lowest BCUT2D eigenvalue weighted by Crippen LogP contribution is -2.33. The highest BCUT2D eigenvalue weighted by Crippen LogP contribution is 2.21. The number of carbonyl (C=O) groups excluding carboxylic acids is 1. The van der Waals surface area contributed by atoms with Crippen molar-refractivity contribution in [3.63, 3.8) is 0 Å². The lowest BCUT2D eigenvalue weighted by atomic mass is 10.1. The first-order valence-electron chi connectivity index (χ1n) is 8.41. The SMILES string of the molecule is Cc1cc(C(C)NC(=O)c2nn(-c3ccccc3)c(C)cc2=O)c(C)o1. The highest BCUT2D eigenvalue weighted by Gasteiger charge is 2.20. The number of benzene rings is 1. The molecule has 0 aliphatic carbocycles. The van der Waals surface area contributed by atoms with E-state index >= 15 is 0 Å². The first-order chi connectivity index (χ1) is 12.4. The number of nitrogens with zero attached hydrogens (tertiary/aromatic N) is 2. The molecule has 1 amide bonds. The van der Waals surface area contributed by atoms with Crippen molar-refractivity contribution < 1.29 is 9.21 Å². The average molecular weight is 351 g/mol. The molecule has 0 radical (unpaired) electrons. The van der Waals surface area contributed by atoms with Crippen LogP contribution in [-0.4, -0.2) is 15.7 Å². The maximum Gasteiger partial charge on any atom is 0.276 e. The second-order valence-electron chi connectivity index (χ2n) is 6.31. The first kappa shape index (κ1) is 17.7. The van der Waals surface area contributed by atoms with Gasteiger partial charge in [0, 0.05) is 17.3 Å². The van der Waals surface area contributed by atoms with E-state index in [4.69, 9.17) is 4.42 Å². The molecule has 2 aromatic heterocycles. The standard InChI is InChI=1S/C20H21N3O3/c1-12-10-18(24)19(22-23(12)16-8-6-5-7-9-16)20(25)21-14(3)17-11-13(2)26-15(17)4/h5-11,14H,1-4H3,(H,21,25). The Balaban J connectivity index is 1.92. The Morgan fingerprint density at radius 3 is 2.46 bits per heavy atom. The monoisotopic (exact) mass is 351 g/mol. The van der Waals surface area contributed by atoms with Crippen LogP contribution in [0, 0.1) is 20.8 Å². The van der Waals surface area contributed by atoms with Crippen molar-refractivity contribution in [1.29, 1.82) is 0 Å². The van der Waals surface area contributed by atoms with Crippen LogP contribution in [-0.2, 0) is 0 Å². The number of hydrogen-bond acceptors (Lipinski definition) is 4. The van der Waals surface area contributed by atoms with Crippen molar-refractivity contribution in [2.75, 3.05) is 0 Å². The summed E-state index contributed by atoms with van der Waals surface area (Å²) in [6, 6.07) is 12.4. The van der Waals surface area contributed by atoms with E-state index in [9.17, 15) is 9.59 Å². The Hall–Kier alpha value is -3.15. The Bertz CT molecular complexity index is 1000. The predicted molar refractivity (Wildman–Crippen MR) is 98.6 cm³/mol. The maximum absolute atomic E-state index is 12.6. The molecule has 0 bridgehead atoms. The smallest absolute Gasteiger partial charge is 0.276 e. The fourth-order valence-electron chi connectivity index (χ4n) is 2.96. The molecule has 26 heavy (non-hydrogen) atoms. The molecule has 1 N–H and O–H groups in total. The quantitative estimate of drug-likeness (QED) is 0.783. The number of aryl methyl sites for hydroxylation is 3. The second kappa shape index (κ2) is 7.00. The summed E-state index contributed by atoms with van der Waals surface area (Å²) in [5.41, 5.74) is 1.79. The van der Waals surface area contributed by atoms with E-state index < -0.39 is 11.3 Å². The summed E-state index contributed by atoms with van der Waals surface area (Å²) in [5, 5.41) is 7.12. The van der Waals surface area contributed by atoms with Crippen molar-refractivity contribution in [3.05, 3.63) is 81.2 Å². The third-order valence-electron chi connectivity index (χ3n) is 4.22. The van der Waals surface area contributed by atoms with Gasteiger partial charge in [-0.3, -0.25) is 9.59 Å². The van der Waals surface area contributed by atoms with Gasteiger partial charge < -0.3 is 9.73 Å². The molecule has 0 aliphatic rings. The molecular formula is C20H21N3O3. The third-order valence-corrected chi connectivity index (χ3v) is 4.22. The minimum Gasteiger partial charge on any atom is -0.466 e. The third kappa shape index (κ3) is 3.44. The lowest BCUT2D eigenvalue weighted by molar-refractivity contribution is 0.0931. The zero-order chi connectivity index (χ0) is 18.8. The Labute approximate surface area is 151 Å². The summed E-state index contributed by atoms with van der Waals surface area (Å²) < 4.78 is 7.10. The van der Waals surface area contributed by atoms with Crippen molar-refractivity contribution in [2.45, 2.75) is 33.7 Å². The molecule has 1 atom stereocenters. The van der Waals surface area contributed by atoms with Crippen LogP contribution in [0.15, 0.2) is 51.7 Å². The van der Waals surface area contributed by atoms with E-state index in [2.05, 4.69) is 10.4 Å². The average Bonchev–Trinajstić information content (AvgIpc) is 2.94. The van der Waals surface area contributed by atoms with Gasteiger partial charge in [0.2, 0.25) is 5.43 Å². The summed E-state index contributed by atoms with van der Waals surface area (Å²) in [6.07, 6.45) is 0. The van der Waals surface area contributed by atoms with E-state index in [-0.39, 0.29) is 11.7 Å².